The molecule has 10 heteroatoms. The first-order valence-corrected chi connectivity index (χ1v) is 14.9. The highest BCUT2D eigenvalue weighted by Gasteiger charge is 2.20. The van der Waals surface area contributed by atoms with Crippen LogP contribution >= 0.6 is 0 Å². The summed E-state index contributed by atoms with van der Waals surface area (Å²) in [5.74, 6) is 0.935. The number of carbonyl (C=O) groups excluding carboxylic acids is 5. The second-order valence-corrected chi connectivity index (χ2v) is 10.6. The maximum Gasteiger partial charge on any atom is 0.338 e. The van der Waals surface area contributed by atoms with Crippen molar-refractivity contribution < 1.29 is 38.2 Å². The Morgan fingerprint density at radius 1 is 0.909 bits per heavy atom. The molecule has 0 saturated heterocycles. The molecule has 0 spiro atoms. The Balaban J connectivity index is 0.00000104. The van der Waals surface area contributed by atoms with Crippen molar-refractivity contribution in [1.82, 2.24) is 10.2 Å². The topological polar surface area (TPSA) is 128 Å². The van der Waals surface area contributed by atoms with Gasteiger partial charge in [-0.3, -0.25) is 14.4 Å². The van der Waals surface area contributed by atoms with E-state index in [2.05, 4.69) is 5.32 Å². The number of nitrogens with zero attached hydrogens (tertiary/aromatic N) is 1. The monoisotopic (exact) mass is 614 g/mol. The molecule has 0 aromatic heterocycles. The number of unbranched alkanes of at least 4 members (excludes halogenated alkanes) is 2. The van der Waals surface area contributed by atoms with Crippen molar-refractivity contribution in [2.24, 2.45) is 0 Å². The molecule has 1 unspecified atom stereocenters. The summed E-state index contributed by atoms with van der Waals surface area (Å²) in [5, 5.41) is 2.43. The van der Waals surface area contributed by atoms with E-state index in [4.69, 9.17) is 14.2 Å². The fourth-order valence-corrected chi connectivity index (χ4v) is 3.64. The van der Waals surface area contributed by atoms with Crippen LogP contribution in [0.2, 0.25) is 0 Å². The molecule has 10 nitrogen and oxygen atoms in total. The second-order valence-electron chi connectivity index (χ2n) is 10.6. The first kappa shape index (κ1) is 39.8. The number of carbonyl (C=O) groups is 5. The van der Waals surface area contributed by atoms with E-state index < -0.39 is 11.6 Å². The van der Waals surface area contributed by atoms with Gasteiger partial charge in [0.1, 0.15) is 35.7 Å². The summed E-state index contributed by atoms with van der Waals surface area (Å²) in [4.78, 5) is 55.7. The van der Waals surface area contributed by atoms with Gasteiger partial charge in [0.2, 0.25) is 12.3 Å². The second kappa shape index (κ2) is 22.3. The van der Waals surface area contributed by atoms with E-state index >= 15 is 0 Å². The van der Waals surface area contributed by atoms with Crippen molar-refractivity contribution in [1.29, 1.82) is 0 Å². The van der Waals surface area contributed by atoms with E-state index in [9.17, 15) is 24.0 Å². The zero-order chi connectivity index (χ0) is 33.5. The number of esters is 1. The van der Waals surface area contributed by atoms with Crippen LogP contribution in [-0.2, 0) is 19.1 Å². The number of nitrogens with one attached hydrogen (secondary N) is 1. The van der Waals surface area contributed by atoms with E-state index in [1.165, 1.54) is 19.0 Å². The molecule has 44 heavy (non-hydrogen) atoms. The van der Waals surface area contributed by atoms with Crippen LogP contribution in [0.4, 0.5) is 0 Å². The summed E-state index contributed by atoms with van der Waals surface area (Å²) in [6.45, 7) is 12.7. The molecule has 0 aliphatic carbocycles. The molecule has 244 valence electrons. The molecule has 0 aliphatic heterocycles. The minimum absolute atomic E-state index is 0.253. The van der Waals surface area contributed by atoms with E-state index in [0.29, 0.717) is 37.2 Å². The van der Waals surface area contributed by atoms with Gasteiger partial charge < -0.3 is 29.2 Å². The van der Waals surface area contributed by atoms with E-state index in [1.54, 1.807) is 30.3 Å². The summed E-state index contributed by atoms with van der Waals surface area (Å²) in [7, 11) is 3.01. The van der Waals surface area contributed by atoms with Gasteiger partial charge in [-0.15, -0.1) is 0 Å². The number of hydrogen-bond donors (Lipinski definition) is 1. The van der Waals surface area contributed by atoms with Crippen molar-refractivity contribution in [3.05, 3.63) is 59.2 Å². The molecule has 2 aromatic carbocycles. The lowest BCUT2D eigenvalue weighted by Crippen LogP contribution is -2.43. The number of ether oxygens (including phenoxy) is 3. The average Bonchev–Trinajstić information content (AvgIpc) is 3.01. The van der Waals surface area contributed by atoms with Gasteiger partial charge in [0, 0.05) is 26.1 Å². The highest BCUT2D eigenvalue weighted by molar-refractivity contribution is 5.89. The number of benzene rings is 2. The zero-order valence-electron chi connectivity index (χ0n) is 27.5. The fraction of sp³-hybridized carbons (Fsp3) is 0.500. The van der Waals surface area contributed by atoms with E-state index in [0.717, 1.165) is 48.9 Å². The Hall–Kier alpha value is -4.21. The van der Waals surface area contributed by atoms with Gasteiger partial charge in [0.05, 0.1) is 18.8 Å². The SMILES string of the molecule is CC.CNC(=O)C(CCC=O)N(C)C=O.Cc1cc(OCCCCCOc2ccc(C(=O)OC(C)(C)C)cc2)ccc1C=O. The number of amides is 2. The van der Waals surface area contributed by atoms with Crippen LogP contribution in [0, 0.1) is 6.92 Å². The third-order valence-corrected chi connectivity index (χ3v) is 5.95. The van der Waals surface area contributed by atoms with Crippen LogP contribution in [0.1, 0.15) is 93.0 Å². The minimum atomic E-state index is -0.548. The Morgan fingerprint density at radius 3 is 1.95 bits per heavy atom. The molecule has 0 radical (unpaired) electrons. The molecule has 2 aromatic rings. The van der Waals surface area contributed by atoms with E-state index in [-0.39, 0.29) is 18.3 Å². The first-order chi connectivity index (χ1) is 20.9. The zero-order valence-corrected chi connectivity index (χ0v) is 27.5. The predicted molar refractivity (Wildman–Crippen MR) is 171 cm³/mol. The summed E-state index contributed by atoms with van der Waals surface area (Å²) in [6, 6.07) is 11.9. The quantitative estimate of drug-likeness (QED) is 0.147. The molecule has 0 heterocycles. The van der Waals surface area contributed by atoms with Crippen LogP contribution < -0.4 is 14.8 Å². The van der Waals surface area contributed by atoms with Gasteiger partial charge in [-0.2, -0.15) is 0 Å². The number of aldehydes is 2. The highest BCUT2D eigenvalue weighted by atomic mass is 16.6. The molecule has 1 atom stereocenters. The van der Waals surface area contributed by atoms with Gasteiger partial charge in [0.15, 0.2) is 0 Å². The van der Waals surface area contributed by atoms with Gasteiger partial charge in [-0.1, -0.05) is 13.8 Å². The van der Waals surface area contributed by atoms with Crippen molar-refractivity contribution in [3.8, 4) is 11.5 Å². The standard InChI is InChI=1S/C24H30O5.C8H14N2O3.C2H6/c1-18-16-22(13-10-20(18)17-25)28-15-7-5-6-14-27-21-11-8-19(9-12-21)23(26)29-24(2,3)4;1-9-8(13)7(4-3-5-11)10(2)6-12;1-2/h8-13,16-17H,5-7,14-15H2,1-4H3;5-7H,3-4H2,1-2H3,(H,9,13);1-2H3. The van der Waals surface area contributed by atoms with Crippen LogP contribution in [-0.4, -0.2) is 74.7 Å². The number of hydrogen-bond acceptors (Lipinski definition) is 8. The lowest BCUT2D eigenvalue weighted by atomic mass is 10.1. The summed E-state index contributed by atoms with van der Waals surface area (Å²) >= 11 is 0. The molecular formula is C34H50N2O8. The predicted octanol–water partition coefficient (Wildman–Crippen LogP) is 5.59. The normalized spacial score (nSPS) is 10.8. The minimum Gasteiger partial charge on any atom is -0.494 e. The number of likely N-dealkylation sites (N-methyl/N-ethyl adjacent to an activating group) is 2. The molecular weight excluding hydrogens is 564 g/mol. The largest absolute Gasteiger partial charge is 0.494 e. The fourth-order valence-electron chi connectivity index (χ4n) is 3.64. The Kier molecular flexibility index (Phi) is 20.2. The summed E-state index contributed by atoms with van der Waals surface area (Å²) in [5.41, 5.74) is 1.62. The molecule has 0 bridgehead atoms. The van der Waals surface area contributed by atoms with Gasteiger partial charge in [0.25, 0.3) is 0 Å². The Morgan fingerprint density at radius 2 is 1.48 bits per heavy atom. The maximum absolute atomic E-state index is 12.0. The van der Waals surface area contributed by atoms with Crippen molar-refractivity contribution >= 4 is 30.9 Å². The van der Waals surface area contributed by atoms with Crippen molar-refractivity contribution in [2.45, 2.75) is 85.3 Å². The number of rotatable bonds is 16. The Labute approximate surface area is 262 Å². The van der Waals surface area contributed by atoms with Crippen LogP contribution in [0.5, 0.6) is 11.5 Å². The van der Waals surface area contributed by atoms with Gasteiger partial charge in [-0.05, 0) is 101 Å². The molecule has 2 amide bonds. The van der Waals surface area contributed by atoms with Crippen molar-refractivity contribution in [2.75, 3.05) is 27.3 Å². The van der Waals surface area contributed by atoms with E-state index in [1.807, 2.05) is 53.7 Å². The maximum atomic E-state index is 12.0. The molecule has 0 saturated carbocycles. The average molecular weight is 615 g/mol. The lowest BCUT2D eigenvalue weighted by Gasteiger charge is -2.21. The van der Waals surface area contributed by atoms with Crippen molar-refractivity contribution in [3.63, 3.8) is 0 Å². The first-order valence-electron chi connectivity index (χ1n) is 14.9. The van der Waals surface area contributed by atoms with Crippen LogP contribution in [0.3, 0.4) is 0 Å². The third-order valence-electron chi connectivity index (χ3n) is 5.95. The summed E-state index contributed by atoms with van der Waals surface area (Å²) in [6.07, 6.45) is 5.62. The molecule has 0 fully saturated rings. The molecule has 0 aliphatic rings. The number of aryl methyl sites for hydroxylation is 1. The summed E-state index contributed by atoms with van der Waals surface area (Å²) < 4.78 is 16.8. The molecule has 2 rings (SSSR count). The Bertz CT molecular complexity index is 1140. The molecule has 1 N–H and O–H groups in total. The van der Waals surface area contributed by atoms with Gasteiger partial charge >= 0.3 is 5.97 Å². The smallest absolute Gasteiger partial charge is 0.338 e. The van der Waals surface area contributed by atoms with Gasteiger partial charge in [-0.25, -0.2) is 4.79 Å². The highest BCUT2D eigenvalue weighted by Crippen LogP contribution is 2.18. The van der Waals surface area contributed by atoms with Crippen LogP contribution in [0.15, 0.2) is 42.5 Å². The third kappa shape index (κ3) is 16.4. The lowest BCUT2D eigenvalue weighted by molar-refractivity contribution is -0.131. The van der Waals surface area contributed by atoms with Crippen LogP contribution in [0.25, 0.3) is 0 Å².